The Bertz CT molecular complexity index is 712. The zero-order chi connectivity index (χ0) is 18.9. The quantitative estimate of drug-likeness (QED) is 0.751. The Balaban J connectivity index is 1.75. The zero-order valence-electron chi connectivity index (χ0n) is 15.5. The lowest BCUT2D eigenvalue weighted by Gasteiger charge is -2.13. The highest BCUT2D eigenvalue weighted by atomic mass is 16.5. The van der Waals surface area contributed by atoms with Gasteiger partial charge < -0.3 is 15.4 Å². The summed E-state index contributed by atoms with van der Waals surface area (Å²) < 4.78 is 5.57. The van der Waals surface area contributed by atoms with Gasteiger partial charge in [0.2, 0.25) is 0 Å². The first-order chi connectivity index (χ1) is 12.5. The molecule has 2 amide bonds. The highest BCUT2D eigenvalue weighted by Crippen LogP contribution is 2.14. The Hall–Kier alpha value is -2.82. The summed E-state index contributed by atoms with van der Waals surface area (Å²) in [6.07, 6.45) is 0.113. The third-order valence-electron chi connectivity index (χ3n) is 3.89. The summed E-state index contributed by atoms with van der Waals surface area (Å²) in [5.41, 5.74) is 2.02. The second-order valence-corrected chi connectivity index (χ2v) is 6.51. The van der Waals surface area contributed by atoms with Crippen molar-refractivity contribution in [3.63, 3.8) is 0 Å². The molecule has 0 saturated heterocycles. The lowest BCUT2D eigenvalue weighted by Crippen LogP contribution is -2.40. The number of hydrogen-bond donors (Lipinski definition) is 2. The van der Waals surface area contributed by atoms with Gasteiger partial charge in [0.25, 0.3) is 0 Å². The van der Waals surface area contributed by atoms with Crippen LogP contribution in [-0.2, 0) is 16.1 Å². The lowest BCUT2D eigenvalue weighted by atomic mass is 10.0. The van der Waals surface area contributed by atoms with Crippen LogP contribution >= 0.6 is 0 Å². The van der Waals surface area contributed by atoms with E-state index < -0.39 is 11.8 Å². The van der Waals surface area contributed by atoms with Gasteiger partial charge in [-0.3, -0.25) is 9.59 Å². The molecule has 2 aromatic carbocycles. The summed E-state index contributed by atoms with van der Waals surface area (Å²) in [5, 5.41) is 5.31. The van der Waals surface area contributed by atoms with E-state index in [0.29, 0.717) is 13.1 Å². The summed E-state index contributed by atoms with van der Waals surface area (Å²) in [7, 11) is 0. The Morgan fingerprint density at radius 1 is 0.885 bits per heavy atom. The van der Waals surface area contributed by atoms with E-state index >= 15 is 0 Å². The van der Waals surface area contributed by atoms with Crippen LogP contribution in [0.2, 0.25) is 0 Å². The number of carbonyl (C=O) groups excluding carboxylic acids is 2. The van der Waals surface area contributed by atoms with Crippen molar-refractivity contribution >= 4 is 11.8 Å². The largest absolute Gasteiger partial charge is 0.491 e. The SMILES string of the molecule is CC(C)Oc1ccc(CNC(=O)C(=O)NC[C@@H](C)c2ccccc2)cc1. The minimum absolute atomic E-state index is 0.113. The molecule has 0 bridgehead atoms. The smallest absolute Gasteiger partial charge is 0.309 e. The van der Waals surface area contributed by atoms with Crippen LogP contribution in [0.25, 0.3) is 0 Å². The van der Waals surface area contributed by atoms with E-state index in [1.807, 2.05) is 75.4 Å². The molecular weight excluding hydrogens is 328 g/mol. The molecule has 0 aliphatic carbocycles. The number of nitrogens with one attached hydrogen (secondary N) is 2. The molecule has 0 heterocycles. The predicted octanol–water partition coefficient (Wildman–Crippen LogP) is 3.01. The normalized spacial score (nSPS) is 11.7. The van der Waals surface area contributed by atoms with Gasteiger partial charge in [0.05, 0.1) is 6.10 Å². The van der Waals surface area contributed by atoms with Gasteiger partial charge >= 0.3 is 11.8 Å². The van der Waals surface area contributed by atoms with Crippen LogP contribution < -0.4 is 15.4 Å². The van der Waals surface area contributed by atoms with Gasteiger partial charge in [0.1, 0.15) is 5.75 Å². The summed E-state index contributed by atoms with van der Waals surface area (Å²) in [6.45, 7) is 6.64. The first kappa shape index (κ1) is 19.5. The van der Waals surface area contributed by atoms with Crippen LogP contribution in [0.4, 0.5) is 0 Å². The van der Waals surface area contributed by atoms with E-state index in [4.69, 9.17) is 4.74 Å². The van der Waals surface area contributed by atoms with Crippen molar-refractivity contribution in [3.8, 4) is 5.75 Å². The highest BCUT2D eigenvalue weighted by Gasteiger charge is 2.14. The second-order valence-electron chi connectivity index (χ2n) is 6.51. The van der Waals surface area contributed by atoms with Crippen molar-refractivity contribution in [2.75, 3.05) is 6.54 Å². The van der Waals surface area contributed by atoms with Crippen LogP contribution in [0.1, 0.15) is 37.8 Å². The number of hydrogen-bond acceptors (Lipinski definition) is 3. The van der Waals surface area contributed by atoms with Crippen molar-refractivity contribution in [3.05, 3.63) is 65.7 Å². The molecule has 0 radical (unpaired) electrons. The van der Waals surface area contributed by atoms with Crippen molar-refractivity contribution in [2.45, 2.75) is 39.3 Å². The Kier molecular flexibility index (Phi) is 7.21. The van der Waals surface area contributed by atoms with Crippen LogP contribution in [0.3, 0.4) is 0 Å². The molecule has 0 saturated carbocycles. The molecule has 0 spiro atoms. The number of amides is 2. The maximum Gasteiger partial charge on any atom is 0.309 e. The molecular formula is C21H26N2O3. The maximum atomic E-state index is 11.9. The van der Waals surface area contributed by atoms with Crippen LogP contribution in [0.15, 0.2) is 54.6 Å². The second kappa shape index (κ2) is 9.61. The van der Waals surface area contributed by atoms with Gasteiger partial charge in [-0.2, -0.15) is 0 Å². The third-order valence-corrected chi connectivity index (χ3v) is 3.89. The van der Waals surface area contributed by atoms with Gasteiger partial charge in [-0.1, -0.05) is 49.4 Å². The number of ether oxygens (including phenoxy) is 1. The van der Waals surface area contributed by atoms with Crippen LogP contribution in [0.5, 0.6) is 5.75 Å². The molecule has 26 heavy (non-hydrogen) atoms. The van der Waals surface area contributed by atoms with E-state index in [9.17, 15) is 9.59 Å². The molecule has 2 N–H and O–H groups in total. The Morgan fingerprint density at radius 3 is 2.12 bits per heavy atom. The first-order valence-electron chi connectivity index (χ1n) is 8.82. The van der Waals surface area contributed by atoms with Gasteiger partial charge in [-0.25, -0.2) is 0 Å². The minimum atomic E-state index is -0.632. The molecule has 0 fully saturated rings. The molecule has 2 rings (SSSR count). The number of carbonyl (C=O) groups is 2. The van der Waals surface area contributed by atoms with Crippen LogP contribution in [-0.4, -0.2) is 24.5 Å². The van der Waals surface area contributed by atoms with Crippen molar-refractivity contribution in [1.82, 2.24) is 10.6 Å². The first-order valence-corrected chi connectivity index (χ1v) is 8.82. The molecule has 5 heteroatoms. The van der Waals surface area contributed by atoms with Crippen LogP contribution in [0, 0.1) is 0 Å². The Labute approximate surface area is 154 Å². The topological polar surface area (TPSA) is 67.4 Å². The minimum Gasteiger partial charge on any atom is -0.491 e. The fourth-order valence-electron chi connectivity index (χ4n) is 2.45. The summed E-state index contributed by atoms with van der Waals surface area (Å²) in [4.78, 5) is 23.9. The summed E-state index contributed by atoms with van der Waals surface area (Å²) in [5.74, 6) is -0.329. The number of benzene rings is 2. The van der Waals surface area contributed by atoms with Gasteiger partial charge in [0, 0.05) is 13.1 Å². The van der Waals surface area contributed by atoms with E-state index in [0.717, 1.165) is 16.9 Å². The third kappa shape index (κ3) is 6.24. The highest BCUT2D eigenvalue weighted by molar-refractivity contribution is 6.35. The molecule has 5 nitrogen and oxygen atoms in total. The molecule has 2 aromatic rings. The molecule has 0 aliphatic heterocycles. The fourth-order valence-corrected chi connectivity index (χ4v) is 2.45. The lowest BCUT2D eigenvalue weighted by molar-refractivity contribution is -0.139. The summed E-state index contributed by atoms with van der Waals surface area (Å²) in [6, 6.07) is 17.3. The molecule has 0 unspecified atom stereocenters. The van der Waals surface area contributed by atoms with Crippen molar-refractivity contribution in [2.24, 2.45) is 0 Å². The van der Waals surface area contributed by atoms with Gasteiger partial charge in [-0.15, -0.1) is 0 Å². The number of rotatable bonds is 7. The molecule has 0 aliphatic rings. The maximum absolute atomic E-state index is 11.9. The van der Waals surface area contributed by atoms with Crippen molar-refractivity contribution < 1.29 is 14.3 Å². The standard InChI is InChI=1S/C21H26N2O3/c1-15(2)26-19-11-9-17(10-12-19)14-23-21(25)20(24)22-13-16(3)18-7-5-4-6-8-18/h4-12,15-16H,13-14H2,1-3H3,(H,22,24)(H,23,25)/t16-/m1/s1. The van der Waals surface area contributed by atoms with Gasteiger partial charge in [-0.05, 0) is 43.0 Å². The van der Waals surface area contributed by atoms with Gasteiger partial charge in [0.15, 0.2) is 0 Å². The zero-order valence-corrected chi connectivity index (χ0v) is 15.5. The molecule has 1 atom stereocenters. The summed E-state index contributed by atoms with van der Waals surface area (Å²) >= 11 is 0. The Morgan fingerprint density at radius 2 is 1.50 bits per heavy atom. The average Bonchev–Trinajstić information content (AvgIpc) is 2.65. The fraction of sp³-hybridized carbons (Fsp3) is 0.333. The van der Waals surface area contributed by atoms with E-state index in [1.54, 1.807) is 0 Å². The van der Waals surface area contributed by atoms with Crippen molar-refractivity contribution in [1.29, 1.82) is 0 Å². The average molecular weight is 354 g/mol. The molecule has 138 valence electrons. The van der Waals surface area contributed by atoms with E-state index in [2.05, 4.69) is 10.6 Å². The molecule has 0 aromatic heterocycles. The van der Waals surface area contributed by atoms with E-state index in [1.165, 1.54) is 0 Å². The predicted molar refractivity (Wildman–Crippen MR) is 102 cm³/mol. The van der Waals surface area contributed by atoms with E-state index in [-0.39, 0.29) is 12.0 Å². The monoisotopic (exact) mass is 354 g/mol.